The van der Waals surface area contributed by atoms with Crippen LogP contribution in [0.3, 0.4) is 0 Å². The van der Waals surface area contributed by atoms with E-state index < -0.39 is 5.60 Å². The lowest BCUT2D eigenvalue weighted by molar-refractivity contribution is 0.00772. The quantitative estimate of drug-likeness (QED) is 0.832. The largest absolute Gasteiger partial charge is 0.490 e. The van der Waals surface area contributed by atoms with E-state index >= 15 is 0 Å². The van der Waals surface area contributed by atoms with Gasteiger partial charge in [0.15, 0.2) is 11.6 Å². The van der Waals surface area contributed by atoms with Crippen molar-refractivity contribution in [3.8, 4) is 5.75 Å². The third kappa shape index (κ3) is 3.46. The smallest absolute Gasteiger partial charge is 0.165 e. The van der Waals surface area contributed by atoms with Crippen LogP contribution >= 0.6 is 15.9 Å². The Morgan fingerprint density at radius 2 is 2.37 bits per heavy atom. The average Bonchev–Trinajstić information content (AvgIpc) is 2.37. The summed E-state index contributed by atoms with van der Waals surface area (Å²) >= 11 is 3.23. The Balaban J connectivity index is 2.19. The number of rotatable bonds is 4. The van der Waals surface area contributed by atoms with Crippen LogP contribution in [-0.2, 0) is 0 Å². The summed E-state index contributed by atoms with van der Waals surface area (Å²) in [6.45, 7) is 3.69. The second-order valence-electron chi connectivity index (χ2n) is 5.09. The molecular formula is C14H19BrFNO2. The Kier molecular flexibility index (Phi) is 4.81. The summed E-state index contributed by atoms with van der Waals surface area (Å²) in [6, 6.07) is 4.94. The van der Waals surface area contributed by atoms with Crippen LogP contribution in [0.4, 0.5) is 4.39 Å². The highest BCUT2D eigenvalue weighted by atomic mass is 79.9. The van der Waals surface area contributed by atoms with E-state index in [4.69, 9.17) is 4.74 Å². The molecule has 5 heteroatoms. The van der Waals surface area contributed by atoms with Gasteiger partial charge >= 0.3 is 0 Å². The Labute approximate surface area is 121 Å². The van der Waals surface area contributed by atoms with Gasteiger partial charge in [0.1, 0.15) is 0 Å². The fourth-order valence-electron chi connectivity index (χ4n) is 2.46. The fourth-order valence-corrected chi connectivity index (χ4v) is 2.62. The molecule has 1 heterocycles. The zero-order chi connectivity index (χ0) is 13.9. The van der Waals surface area contributed by atoms with Crippen molar-refractivity contribution < 1.29 is 14.2 Å². The second kappa shape index (κ2) is 6.20. The van der Waals surface area contributed by atoms with Crippen LogP contribution in [0.5, 0.6) is 5.75 Å². The van der Waals surface area contributed by atoms with E-state index in [2.05, 4.69) is 21.2 Å². The maximum absolute atomic E-state index is 13.9. The second-order valence-corrected chi connectivity index (χ2v) is 5.88. The number of aliphatic hydroxyl groups is 1. The molecule has 0 aliphatic carbocycles. The number of benzene rings is 1. The van der Waals surface area contributed by atoms with Crippen LogP contribution in [0.1, 0.15) is 24.8 Å². The molecule has 1 aromatic rings. The number of halogens is 2. The van der Waals surface area contributed by atoms with Crippen LogP contribution in [0, 0.1) is 5.82 Å². The molecule has 0 bridgehead atoms. The standard InChI is InChI=1S/C14H19BrFNO2/c1-14(18)4-6-17-9-11(14)10-2-3-13(12(16)8-10)19-7-5-15/h2-3,8,11,17-18H,4-7,9H2,1H3. The minimum atomic E-state index is -0.796. The van der Waals surface area contributed by atoms with Crippen molar-refractivity contribution in [2.24, 2.45) is 0 Å². The monoisotopic (exact) mass is 331 g/mol. The van der Waals surface area contributed by atoms with Crippen molar-refractivity contribution in [1.82, 2.24) is 5.32 Å². The van der Waals surface area contributed by atoms with Gasteiger partial charge in [-0.15, -0.1) is 0 Å². The van der Waals surface area contributed by atoms with Gasteiger partial charge in [0.2, 0.25) is 0 Å². The van der Waals surface area contributed by atoms with Crippen LogP contribution in [0.25, 0.3) is 0 Å². The summed E-state index contributed by atoms with van der Waals surface area (Å²) in [4.78, 5) is 0. The molecule has 106 valence electrons. The van der Waals surface area contributed by atoms with Gasteiger partial charge in [-0.25, -0.2) is 4.39 Å². The minimum absolute atomic E-state index is 0.0963. The highest BCUT2D eigenvalue weighted by molar-refractivity contribution is 9.09. The predicted molar refractivity (Wildman–Crippen MR) is 76.5 cm³/mol. The van der Waals surface area contributed by atoms with Gasteiger partial charge in [-0.05, 0) is 37.6 Å². The summed E-state index contributed by atoms with van der Waals surface area (Å²) in [5.74, 6) is -0.215. The Bertz CT molecular complexity index is 439. The fraction of sp³-hybridized carbons (Fsp3) is 0.571. The summed E-state index contributed by atoms with van der Waals surface area (Å²) in [5.41, 5.74) is 0.0107. The van der Waals surface area contributed by atoms with Crippen molar-refractivity contribution in [3.05, 3.63) is 29.6 Å². The van der Waals surface area contributed by atoms with Gasteiger partial charge in [-0.2, -0.15) is 0 Å². The molecule has 1 fully saturated rings. The summed E-state index contributed by atoms with van der Waals surface area (Å²) in [7, 11) is 0. The van der Waals surface area contributed by atoms with Gasteiger partial charge in [0, 0.05) is 17.8 Å². The van der Waals surface area contributed by atoms with Crippen molar-refractivity contribution in [2.45, 2.75) is 24.9 Å². The predicted octanol–water partition coefficient (Wildman–Crippen LogP) is 2.43. The SMILES string of the molecule is CC1(O)CCNCC1c1ccc(OCCBr)c(F)c1. The van der Waals surface area contributed by atoms with E-state index in [0.29, 0.717) is 24.9 Å². The average molecular weight is 332 g/mol. The molecule has 0 spiro atoms. The molecule has 19 heavy (non-hydrogen) atoms. The van der Waals surface area contributed by atoms with Crippen molar-refractivity contribution in [2.75, 3.05) is 25.0 Å². The number of hydrogen-bond donors (Lipinski definition) is 2. The normalized spacial score (nSPS) is 27.3. The molecule has 0 aromatic heterocycles. The zero-order valence-electron chi connectivity index (χ0n) is 11.0. The highest BCUT2D eigenvalue weighted by Gasteiger charge is 2.35. The summed E-state index contributed by atoms with van der Waals surface area (Å²) < 4.78 is 19.2. The molecule has 0 saturated carbocycles. The molecule has 2 N–H and O–H groups in total. The number of ether oxygens (including phenoxy) is 1. The lowest BCUT2D eigenvalue weighted by Gasteiger charge is -2.38. The van der Waals surface area contributed by atoms with Gasteiger partial charge in [-0.1, -0.05) is 22.0 Å². The maximum atomic E-state index is 13.9. The molecule has 1 aliphatic heterocycles. The first-order chi connectivity index (χ1) is 9.04. The van der Waals surface area contributed by atoms with E-state index in [1.54, 1.807) is 6.07 Å². The first-order valence-electron chi connectivity index (χ1n) is 6.46. The van der Waals surface area contributed by atoms with Crippen molar-refractivity contribution in [1.29, 1.82) is 0 Å². The van der Waals surface area contributed by atoms with E-state index in [1.165, 1.54) is 6.07 Å². The first-order valence-corrected chi connectivity index (χ1v) is 7.58. The van der Waals surface area contributed by atoms with E-state index in [0.717, 1.165) is 12.1 Å². The Morgan fingerprint density at radius 3 is 3.00 bits per heavy atom. The molecule has 0 radical (unpaired) electrons. The zero-order valence-corrected chi connectivity index (χ0v) is 12.5. The number of nitrogens with one attached hydrogen (secondary N) is 1. The van der Waals surface area contributed by atoms with E-state index in [9.17, 15) is 9.50 Å². The summed E-state index contributed by atoms with van der Waals surface area (Å²) in [6.07, 6.45) is 0.668. The lowest BCUT2D eigenvalue weighted by atomic mass is 9.79. The maximum Gasteiger partial charge on any atom is 0.165 e. The van der Waals surface area contributed by atoms with Gasteiger partial charge < -0.3 is 15.2 Å². The van der Waals surface area contributed by atoms with Crippen LogP contribution < -0.4 is 10.1 Å². The number of piperidine rings is 1. The summed E-state index contributed by atoms with van der Waals surface area (Å²) in [5, 5.41) is 14.3. The topological polar surface area (TPSA) is 41.5 Å². The van der Waals surface area contributed by atoms with Crippen LogP contribution in [-0.4, -0.2) is 35.7 Å². The highest BCUT2D eigenvalue weighted by Crippen LogP contribution is 2.34. The molecule has 1 saturated heterocycles. The molecule has 2 rings (SSSR count). The Morgan fingerprint density at radius 1 is 1.58 bits per heavy atom. The van der Waals surface area contributed by atoms with Crippen molar-refractivity contribution in [3.63, 3.8) is 0 Å². The molecule has 2 atom stereocenters. The molecular weight excluding hydrogens is 313 g/mol. The first kappa shape index (κ1) is 14.8. The van der Waals surface area contributed by atoms with E-state index in [-0.39, 0.29) is 17.5 Å². The third-order valence-electron chi connectivity index (χ3n) is 3.60. The van der Waals surface area contributed by atoms with Crippen LogP contribution in [0.15, 0.2) is 18.2 Å². The molecule has 1 aromatic carbocycles. The lowest BCUT2D eigenvalue weighted by Crippen LogP contribution is -2.46. The molecule has 3 nitrogen and oxygen atoms in total. The number of alkyl halides is 1. The van der Waals surface area contributed by atoms with Crippen molar-refractivity contribution >= 4 is 15.9 Å². The van der Waals surface area contributed by atoms with Gasteiger partial charge in [-0.3, -0.25) is 0 Å². The van der Waals surface area contributed by atoms with E-state index in [1.807, 2.05) is 13.0 Å². The van der Waals surface area contributed by atoms with Gasteiger partial charge in [0.25, 0.3) is 0 Å². The van der Waals surface area contributed by atoms with Crippen LogP contribution in [0.2, 0.25) is 0 Å². The molecule has 0 amide bonds. The van der Waals surface area contributed by atoms with Gasteiger partial charge in [0.05, 0.1) is 12.2 Å². The molecule has 2 unspecified atom stereocenters. The molecule has 1 aliphatic rings. The minimum Gasteiger partial charge on any atom is -0.490 e. The number of hydrogen-bond acceptors (Lipinski definition) is 3. The third-order valence-corrected chi connectivity index (χ3v) is 3.92. The Hall–Kier alpha value is -0.650.